The lowest BCUT2D eigenvalue weighted by Gasteiger charge is -2.36. The number of hydrogen-bond donors (Lipinski definition) is 1. The minimum absolute atomic E-state index is 0.0550. The van der Waals surface area contributed by atoms with Crippen molar-refractivity contribution in [2.24, 2.45) is 5.73 Å². The molecule has 1 saturated heterocycles. The Morgan fingerprint density at radius 2 is 2.33 bits per heavy atom. The van der Waals surface area contributed by atoms with Gasteiger partial charge in [-0.25, -0.2) is 0 Å². The summed E-state index contributed by atoms with van der Waals surface area (Å²) in [5, 5.41) is 0. The van der Waals surface area contributed by atoms with Crippen molar-refractivity contribution in [1.29, 1.82) is 0 Å². The highest BCUT2D eigenvalue weighted by Gasteiger charge is 2.28. The van der Waals surface area contributed by atoms with Gasteiger partial charge in [0.15, 0.2) is 0 Å². The molecule has 4 nitrogen and oxygen atoms in total. The Morgan fingerprint density at radius 1 is 1.60 bits per heavy atom. The maximum Gasteiger partial charge on any atom is 0.239 e. The van der Waals surface area contributed by atoms with E-state index in [0.717, 1.165) is 19.4 Å². The number of likely N-dealkylation sites (tertiary alicyclic amines) is 1. The summed E-state index contributed by atoms with van der Waals surface area (Å²) in [6.07, 6.45) is 3.31. The van der Waals surface area contributed by atoms with E-state index in [1.54, 1.807) is 6.92 Å². The first-order valence-corrected chi connectivity index (χ1v) is 5.80. The summed E-state index contributed by atoms with van der Waals surface area (Å²) in [4.78, 5) is 13.7. The molecular weight excluding hydrogens is 192 g/mol. The first kappa shape index (κ1) is 12.5. The summed E-state index contributed by atoms with van der Waals surface area (Å²) >= 11 is 0. The molecular formula is C11H22N2O2. The average molecular weight is 214 g/mol. The molecule has 0 unspecified atom stereocenters. The lowest BCUT2D eigenvalue weighted by atomic mass is 10.0. The normalized spacial score (nSPS) is 23.9. The molecule has 1 aliphatic rings. The van der Waals surface area contributed by atoms with Crippen LogP contribution in [0.2, 0.25) is 0 Å². The van der Waals surface area contributed by atoms with Gasteiger partial charge in [-0.2, -0.15) is 0 Å². The summed E-state index contributed by atoms with van der Waals surface area (Å²) < 4.78 is 5.40. The summed E-state index contributed by atoms with van der Waals surface area (Å²) in [6.45, 7) is 5.90. The maximum atomic E-state index is 11.8. The molecule has 1 fully saturated rings. The van der Waals surface area contributed by atoms with Crippen LogP contribution in [0.15, 0.2) is 0 Å². The quantitative estimate of drug-likeness (QED) is 0.751. The van der Waals surface area contributed by atoms with Crippen LogP contribution in [0.25, 0.3) is 0 Å². The highest BCUT2D eigenvalue weighted by atomic mass is 16.5. The maximum absolute atomic E-state index is 11.8. The zero-order chi connectivity index (χ0) is 11.3. The minimum Gasteiger partial charge on any atom is -0.380 e. The van der Waals surface area contributed by atoms with E-state index >= 15 is 0 Å². The van der Waals surface area contributed by atoms with Gasteiger partial charge >= 0.3 is 0 Å². The molecule has 1 heterocycles. The Kier molecular flexibility index (Phi) is 5.05. The van der Waals surface area contributed by atoms with Crippen LogP contribution in [0.5, 0.6) is 0 Å². The van der Waals surface area contributed by atoms with E-state index < -0.39 is 6.04 Å². The molecule has 2 N–H and O–H groups in total. The second kappa shape index (κ2) is 6.08. The Hall–Kier alpha value is -0.610. The van der Waals surface area contributed by atoms with E-state index in [-0.39, 0.29) is 11.9 Å². The van der Waals surface area contributed by atoms with Gasteiger partial charge in [-0.15, -0.1) is 0 Å². The topological polar surface area (TPSA) is 55.6 Å². The van der Waals surface area contributed by atoms with Gasteiger partial charge in [0, 0.05) is 13.2 Å². The van der Waals surface area contributed by atoms with Gasteiger partial charge in [-0.05, 0) is 33.1 Å². The molecule has 15 heavy (non-hydrogen) atoms. The van der Waals surface area contributed by atoms with Crippen LogP contribution in [0.1, 0.15) is 33.1 Å². The van der Waals surface area contributed by atoms with Crippen LogP contribution in [0.3, 0.4) is 0 Å². The van der Waals surface area contributed by atoms with E-state index in [1.807, 2.05) is 11.8 Å². The molecule has 0 bridgehead atoms. The second-order valence-electron chi connectivity index (χ2n) is 4.13. The van der Waals surface area contributed by atoms with Crippen molar-refractivity contribution in [2.45, 2.75) is 45.2 Å². The number of carbonyl (C=O) groups is 1. The van der Waals surface area contributed by atoms with Crippen LogP contribution in [0, 0.1) is 0 Å². The van der Waals surface area contributed by atoms with Gasteiger partial charge in [-0.3, -0.25) is 4.79 Å². The van der Waals surface area contributed by atoms with Crippen LogP contribution < -0.4 is 5.73 Å². The van der Waals surface area contributed by atoms with Gasteiger partial charge in [0.25, 0.3) is 0 Å². The fourth-order valence-electron chi connectivity index (χ4n) is 1.98. The van der Waals surface area contributed by atoms with Crippen molar-refractivity contribution in [3.8, 4) is 0 Å². The number of piperidine rings is 1. The number of rotatable bonds is 4. The van der Waals surface area contributed by atoms with Crippen molar-refractivity contribution in [1.82, 2.24) is 4.90 Å². The van der Waals surface area contributed by atoms with Crippen molar-refractivity contribution < 1.29 is 9.53 Å². The largest absolute Gasteiger partial charge is 0.380 e. The van der Waals surface area contributed by atoms with E-state index in [1.165, 1.54) is 6.42 Å². The second-order valence-corrected chi connectivity index (χ2v) is 4.13. The van der Waals surface area contributed by atoms with E-state index in [2.05, 4.69) is 0 Å². The fourth-order valence-corrected chi connectivity index (χ4v) is 1.98. The van der Waals surface area contributed by atoms with Crippen molar-refractivity contribution >= 4 is 5.91 Å². The first-order valence-electron chi connectivity index (χ1n) is 5.80. The van der Waals surface area contributed by atoms with Crippen LogP contribution in [0.4, 0.5) is 0 Å². The molecule has 1 rings (SSSR count). The number of ether oxygens (including phenoxy) is 1. The molecule has 0 aromatic heterocycles. The van der Waals surface area contributed by atoms with Gasteiger partial charge in [0.2, 0.25) is 5.91 Å². The van der Waals surface area contributed by atoms with E-state index in [0.29, 0.717) is 13.2 Å². The predicted octanol–water partition coefficient (Wildman–Crippen LogP) is 0.751. The summed E-state index contributed by atoms with van der Waals surface area (Å²) in [6, 6.07) is -0.163. The molecule has 0 spiro atoms. The van der Waals surface area contributed by atoms with Gasteiger partial charge in [-0.1, -0.05) is 0 Å². The third-order valence-corrected chi connectivity index (χ3v) is 2.81. The molecule has 0 saturated carbocycles. The summed E-state index contributed by atoms with van der Waals surface area (Å²) in [7, 11) is 0. The first-order chi connectivity index (χ1) is 7.16. The molecule has 0 aliphatic carbocycles. The van der Waals surface area contributed by atoms with E-state index in [9.17, 15) is 4.79 Å². The molecule has 2 atom stereocenters. The standard InChI is InChI=1S/C11H22N2O2/c1-3-15-8-10-6-4-5-7-13(10)11(14)9(2)12/h9-10H,3-8,12H2,1-2H3/t9-,10-/m0/s1. The highest BCUT2D eigenvalue weighted by Crippen LogP contribution is 2.18. The SMILES string of the molecule is CCOC[C@@H]1CCCCN1C(=O)[C@H](C)N. The Labute approximate surface area is 91.8 Å². The van der Waals surface area contributed by atoms with Gasteiger partial charge in [0.05, 0.1) is 18.7 Å². The average Bonchev–Trinajstić information content (AvgIpc) is 2.25. The van der Waals surface area contributed by atoms with Gasteiger partial charge < -0.3 is 15.4 Å². The highest BCUT2D eigenvalue weighted by molar-refractivity contribution is 5.81. The van der Waals surface area contributed by atoms with Crippen molar-refractivity contribution in [3.05, 3.63) is 0 Å². The molecule has 0 aromatic rings. The fraction of sp³-hybridized carbons (Fsp3) is 0.909. The zero-order valence-corrected chi connectivity index (χ0v) is 9.74. The number of amides is 1. The molecule has 0 radical (unpaired) electrons. The summed E-state index contributed by atoms with van der Waals surface area (Å²) in [5.74, 6) is 0.0550. The van der Waals surface area contributed by atoms with Crippen LogP contribution in [-0.2, 0) is 9.53 Å². The summed E-state index contributed by atoms with van der Waals surface area (Å²) in [5.41, 5.74) is 5.63. The van der Waals surface area contributed by atoms with Crippen LogP contribution in [-0.4, -0.2) is 42.6 Å². The zero-order valence-electron chi connectivity index (χ0n) is 9.74. The lowest BCUT2D eigenvalue weighted by molar-refractivity contribution is -0.137. The number of nitrogens with zero attached hydrogens (tertiary/aromatic N) is 1. The van der Waals surface area contributed by atoms with Crippen LogP contribution >= 0.6 is 0 Å². The third-order valence-electron chi connectivity index (χ3n) is 2.81. The number of nitrogens with two attached hydrogens (primary N) is 1. The lowest BCUT2D eigenvalue weighted by Crippen LogP contribution is -2.51. The van der Waals surface area contributed by atoms with Crippen molar-refractivity contribution in [2.75, 3.05) is 19.8 Å². The Balaban J connectivity index is 2.53. The third kappa shape index (κ3) is 3.47. The van der Waals surface area contributed by atoms with E-state index in [4.69, 9.17) is 10.5 Å². The molecule has 0 aromatic carbocycles. The Morgan fingerprint density at radius 3 is 2.93 bits per heavy atom. The number of hydrogen-bond acceptors (Lipinski definition) is 3. The van der Waals surface area contributed by atoms with Gasteiger partial charge in [0.1, 0.15) is 0 Å². The van der Waals surface area contributed by atoms with Crippen molar-refractivity contribution in [3.63, 3.8) is 0 Å². The molecule has 1 aliphatic heterocycles. The monoisotopic (exact) mass is 214 g/mol. The molecule has 4 heteroatoms. The minimum atomic E-state index is -0.396. The molecule has 1 amide bonds. The molecule has 88 valence electrons. The Bertz CT molecular complexity index is 207. The predicted molar refractivity (Wildman–Crippen MR) is 59.5 cm³/mol. The number of carbonyl (C=O) groups excluding carboxylic acids is 1. The smallest absolute Gasteiger partial charge is 0.239 e.